The molecule has 1 fully saturated rings. The smallest absolute Gasteiger partial charge is 0.223 e. The molecule has 4 rings (SSSR count). The topological polar surface area (TPSA) is 75.4 Å². The van der Waals surface area contributed by atoms with Crippen molar-refractivity contribution in [3.63, 3.8) is 0 Å². The first-order valence-corrected chi connectivity index (χ1v) is 9.86. The van der Waals surface area contributed by atoms with E-state index in [4.69, 9.17) is 5.10 Å². The van der Waals surface area contributed by atoms with Crippen LogP contribution in [0.15, 0.2) is 36.4 Å². The van der Waals surface area contributed by atoms with E-state index in [1.54, 1.807) is 4.52 Å². The van der Waals surface area contributed by atoms with Crippen molar-refractivity contribution in [3.05, 3.63) is 42.0 Å². The molecule has 1 amide bonds. The number of aryl methyl sites for hydroxylation is 1. The normalized spacial score (nSPS) is 15.4. The predicted octanol–water partition coefficient (Wildman–Crippen LogP) is 2.84. The summed E-state index contributed by atoms with van der Waals surface area (Å²) < 4.78 is 1.80. The highest BCUT2D eigenvalue weighted by Crippen LogP contribution is 2.24. The number of piperidine rings is 1. The maximum absolute atomic E-state index is 12.3. The number of nitrogens with zero attached hydrogens (tertiary/aromatic N) is 5. The van der Waals surface area contributed by atoms with Crippen molar-refractivity contribution in [2.24, 2.45) is 5.92 Å². The molecule has 0 aliphatic carbocycles. The summed E-state index contributed by atoms with van der Waals surface area (Å²) in [6.07, 6.45) is 1.68. The molecule has 2 aromatic heterocycles. The molecule has 1 N–H and O–H groups in total. The summed E-state index contributed by atoms with van der Waals surface area (Å²) in [5.41, 5.74) is 2.92. The average Bonchev–Trinajstić information content (AvgIpc) is 3.11. The molecule has 0 bridgehead atoms. The minimum absolute atomic E-state index is 0.0837. The summed E-state index contributed by atoms with van der Waals surface area (Å²) in [4.78, 5) is 14.5. The van der Waals surface area contributed by atoms with E-state index >= 15 is 0 Å². The quantitative estimate of drug-likeness (QED) is 0.756. The molecule has 1 aromatic carbocycles. The minimum Gasteiger partial charge on any atom is -0.355 e. The Bertz CT molecular complexity index is 970. The Morgan fingerprint density at radius 1 is 1.07 bits per heavy atom. The van der Waals surface area contributed by atoms with Gasteiger partial charge in [-0.1, -0.05) is 29.8 Å². The molecule has 3 aromatic rings. The van der Waals surface area contributed by atoms with Gasteiger partial charge in [0.2, 0.25) is 5.91 Å². The summed E-state index contributed by atoms with van der Waals surface area (Å²) in [7, 11) is 0. The summed E-state index contributed by atoms with van der Waals surface area (Å²) in [5, 5.41) is 16.4. The van der Waals surface area contributed by atoms with Crippen molar-refractivity contribution in [3.8, 4) is 11.4 Å². The van der Waals surface area contributed by atoms with Gasteiger partial charge in [-0.2, -0.15) is 4.52 Å². The van der Waals surface area contributed by atoms with Gasteiger partial charge in [0.05, 0.1) is 0 Å². The van der Waals surface area contributed by atoms with Crippen molar-refractivity contribution >= 4 is 17.4 Å². The molecule has 0 spiro atoms. The van der Waals surface area contributed by atoms with E-state index < -0.39 is 0 Å². The van der Waals surface area contributed by atoms with Crippen molar-refractivity contribution < 1.29 is 4.79 Å². The second kappa shape index (κ2) is 7.58. The van der Waals surface area contributed by atoms with E-state index in [1.807, 2.05) is 38.1 Å². The van der Waals surface area contributed by atoms with Crippen molar-refractivity contribution in [2.75, 3.05) is 18.0 Å². The fraction of sp³-hybridized carbons (Fsp3) is 0.429. The van der Waals surface area contributed by atoms with Gasteiger partial charge in [0, 0.05) is 30.6 Å². The first kappa shape index (κ1) is 18.4. The molecular weight excluding hydrogens is 352 g/mol. The lowest BCUT2D eigenvalue weighted by atomic mass is 9.95. The maximum atomic E-state index is 12.3. The van der Waals surface area contributed by atoms with Crippen LogP contribution in [0.4, 0.5) is 5.82 Å². The third kappa shape index (κ3) is 3.69. The Hall–Kier alpha value is -2.96. The van der Waals surface area contributed by atoms with E-state index in [0.29, 0.717) is 0 Å². The van der Waals surface area contributed by atoms with Crippen LogP contribution in [0.3, 0.4) is 0 Å². The highest BCUT2D eigenvalue weighted by atomic mass is 16.1. The summed E-state index contributed by atoms with van der Waals surface area (Å²) in [5.74, 6) is 1.88. The molecule has 1 saturated heterocycles. The number of anilines is 1. The molecule has 1 aliphatic rings. The van der Waals surface area contributed by atoms with Gasteiger partial charge in [0.1, 0.15) is 5.82 Å². The molecule has 0 saturated carbocycles. The number of aromatic nitrogens is 4. The third-order valence-electron chi connectivity index (χ3n) is 5.18. The van der Waals surface area contributed by atoms with Gasteiger partial charge < -0.3 is 10.2 Å². The van der Waals surface area contributed by atoms with Crippen LogP contribution in [-0.4, -0.2) is 44.8 Å². The van der Waals surface area contributed by atoms with Crippen LogP contribution in [0, 0.1) is 12.8 Å². The summed E-state index contributed by atoms with van der Waals surface area (Å²) in [6, 6.07) is 12.3. The number of nitrogens with one attached hydrogen (secondary N) is 1. The van der Waals surface area contributed by atoms with Gasteiger partial charge in [-0.3, -0.25) is 4.79 Å². The Kier molecular flexibility index (Phi) is 4.98. The van der Waals surface area contributed by atoms with E-state index in [0.717, 1.165) is 48.8 Å². The number of hydrogen-bond donors (Lipinski definition) is 1. The van der Waals surface area contributed by atoms with Gasteiger partial charge in [-0.25, -0.2) is 0 Å². The van der Waals surface area contributed by atoms with Crippen LogP contribution < -0.4 is 10.2 Å². The Morgan fingerprint density at radius 2 is 1.79 bits per heavy atom. The van der Waals surface area contributed by atoms with Crippen LogP contribution in [0.5, 0.6) is 0 Å². The maximum Gasteiger partial charge on any atom is 0.223 e. The molecule has 0 radical (unpaired) electrons. The monoisotopic (exact) mass is 378 g/mol. The zero-order valence-electron chi connectivity index (χ0n) is 16.6. The Labute approximate surface area is 164 Å². The van der Waals surface area contributed by atoms with Gasteiger partial charge in [0.15, 0.2) is 11.5 Å². The molecule has 1 aliphatic heterocycles. The Morgan fingerprint density at radius 3 is 2.46 bits per heavy atom. The molecule has 7 heteroatoms. The van der Waals surface area contributed by atoms with Crippen LogP contribution in [0.2, 0.25) is 0 Å². The zero-order chi connectivity index (χ0) is 19.7. The van der Waals surface area contributed by atoms with Gasteiger partial charge in [0.25, 0.3) is 0 Å². The second-order valence-electron chi connectivity index (χ2n) is 7.78. The highest BCUT2D eigenvalue weighted by Gasteiger charge is 2.26. The van der Waals surface area contributed by atoms with Crippen LogP contribution in [0.25, 0.3) is 17.0 Å². The van der Waals surface area contributed by atoms with Gasteiger partial charge in [-0.15, -0.1) is 15.3 Å². The first-order chi connectivity index (χ1) is 13.5. The number of rotatable bonds is 4. The Balaban J connectivity index is 1.53. The molecule has 7 nitrogen and oxygen atoms in total. The van der Waals surface area contributed by atoms with E-state index in [-0.39, 0.29) is 17.9 Å². The highest BCUT2D eigenvalue weighted by molar-refractivity contribution is 5.79. The number of fused-ring (bicyclic) bond motifs is 1. The SMILES string of the molecule is Cc1ccc(-c2nnc3ccc(N4CCC(C(=O)NC(C)C)CC4)nn23)cc1. The molecular formula is C21H26N6O. The lowest BCUT2D eigenvalue weighted by molar-refractivity contribution is -0.126. The second-order valence-corrected chi connectivity index (χ2v) is 7.78. The number of amides is 1. The molecule has 28 heavy (non-hydrogen) atoms. The fourth-order valence-corrected chi connectivity index (χ4v) is 3.60. The van der Waals surface area contributed by atoms with Crippen molar-refractivity contribution in [2.45, 2.75) is 39.7 Å². The molecule has 146 valence electrons. The van der Waals surface area contributed by atoms with Crippen LogP contribution in [-0.2, 0) is 4.79 Å². The van der Waals surface area contributed by atoms with Crippen molar-refractivity contribution in [1.82, 2.24) is 25.1 Å². The number of benzene rings is 1. The van der Waals surface area contributed by atoms with Gasteiger partial charge >= 0.3 is 0 Å². The van der Waals surface area contributed by atoms with Crippen LogP contribution >= 0.6 is 0 Å². The first-order valence-electron chi connectivity index (χ1n) is 9.86. The molecule has 3 heterocycles. The van der Waals surface area contributed by atoms with Crippen LogP contribution in [0.1, 0.15) is 32.3 Å². The zero-order valence-corrected chi connectivity index (χ0v) is 16.6. The van der Waals surface area contributed by atoms with Gasteiger partial charge in [-0.05, 0) is 45.7 Å². The van der Waals surface area contributed by atoms with E-state index in [1.165, 1.54) is 5.56 Å². The number of carbonyl (C=O) groups is 1. The minimum atomic E-state index is 0.0837. The predicted molar refractivity (Wildman–Crippen MR) is 109 cm³/mol. The summed E-state index contributed by atoms with van der Waals surface area (Å²) >= 11 is 0. The lowest BCUT2D eigenvalue weighted by Crippen LogP contribution is -2.42. The summed E-state index contributed by atoms with van der Waals surface area (Å²) in [6.45, 7) is 7.69. The standard InChI is InChI=1S/C21H26N6O/c1-14(2)22-21(28)17-10-12-26(13-11-17)19-9-8-18-23-24-20(27(18)25-19)16-6-4-15(3)5-7-16/h4-9,14,17H,10-13H2,1-3H3,(H,22,28). The van der Waals surface area contributed by atoms with E-state index in [9.17, 15) is 4.79 Å². The van der Waals surface area contributed by atoms with E-state index in [2.05, 4.69) is 39.5 Å². The van der Waals surface area contributed by atoms with Crippen molar-refractivity contribution in [1.29, 1.82) is 0 Å². The number of carbonyl (C=O) groups excluding carboxylic acids is 1. The average molecular weight is 378 g/mol. The fourth-order valence-electron chi connectivity index (χ4n) is 3.60. The lowest BCUT2D eigenvalue weighted by Gasteiger charge is -2.32. The number of hydrogen-bond acceptors (Lipinski definition) is 5. The molecule has 0 unspecified atom stereocenters. The largest absolute Gasteiger partial charge is 0.355 e. The molecule has 0 atom stereocenters. The third-order valence-corrected chi connectivity index (χ3v) is 5.18.